The molecule has 1 saturated carbocycles. The minimum atomic E-state index is -0.609. The fourth-order valence-electron chi connectivity index (χ4n) is 2.74. The summed E-state index contributed by atoms with van der Waals surface area (Å²) in [6.45, 7) is 5.09. The molecular formula is C12H20N2O. The van der Waals surface area contributed by atoms with E-state index in [9.17, 15) is 5.11 Å². The Bertz CT molecular complexity index is 334. The van der Waals surface area contributed by atoms with Gasteiger partial charge in [0, 0.05) is 18.3 Å². The van der Waals surface area contributed by atoms with Gasteiger partial charge in [0.2, 0.25) is 0 Å². The highest BCUT2D eigenvalue weighted by Crippen LogP contribution is 2.44. The average Bonchev–Trinajstić information content (AvgIpc) is 2.84. The van der Waals surface area contributed by atoms with Gasteiger partial charge in [0.05, 0.1) is 11.8 Å². The van der Waals surface area contributed by atoms with Crippen LogP contribution in [0.25, 0.3) is 0 Å². The molecule has 0 amide bonds. The summed E-state index contributed by atoms with van der Waals surface area (Å²) in [6.07, 6.45) is 8.04. The number of hydrogen-bond donors (Lipinski definition) is 1. The van der Waals surface area contributed by atoms with Crippen molar-refractivity contribution >= 4 is 0 Å². The Morgan fingerprint density at radius 3 is 3.00 bits per heavy atom. The molecule has 0 saturated heterocycles. The fourth-order valence-corrected chi connectivity index (χ4v) is 2.74. The average molecular weight is 208 g/mol. The van der Waals surface area contributed by atoms with Gasteiger partial charge in [0.25, 0.3) is 0 Å². The minimum Gasteiger partial charge on any atom is -0.385 e. The molecule has 3 nitrogen and oxygen atoms in total. The highest BCUT2D eigenvalue weighted by Gasteiger charge is 2.42. The van der Waals surface area contributed by atoms with Crippen LogP contribution in [0.5, 0.6) is 0 Å². The highest BCUT2D eigenvalue weighted by atomic mass is 16.3. The second-order valence-electron chi connectivity index (χ2n) is 4.51. The minimum absolute atomic E-state index is 0.409. The molecule has 1 heterocycles. The van der Waals surface area contributed by atoms with Gasteiger partial charge in [-0.1, -0.05) is 13.3 Å². The number of nitrogens with zero attached hydrogens (tertiary/aromatic N) is 2. The summed E-state index contributed by atoms with van der Waals surface area (Å²) in [4.78, 5) is 0. The summed E-state index contributed by atoms with van der Waals surface area (Å²) in [5, 5.41) is 14.9. The van der Waals surface area contributed by atoms with Crippen LogP contribution in [0.15, 0.2) is 12.4 Å². The second-order valence-corrected chi connectivity index (χ2v) is 4.51. The Kier molecular flexibility index (Phi) is 2.83. The Morgan fingerprint density at radius 2 is 2.40 bits per heavy atom. The van der Waals surface area contributed by atoms with Crippen molar-refractivity contribution in [1.82, 2.24) is 9.78 Å². The van der Waals surface area contributed by atoms with Crippen LogP contribution in [0.4, 0.5) is 0 Å². The number of aryl methyl sites for hydroxylation is 1. The fraction of sp³-hybridized carbons (Fsp3) is 0.750. The number of aliphatic hydroxyl groups is 1. The maximum Gasteiger partial charge on any atom is 0.0954 e. The van der Waals surface area contributed by atoms with Gasteiger partial charge in [-0.15, -0.1) is 0 Å². The topological polar surface area (TPSA) is 38.1 Å². The van der Waals surface area contributed by atoms with Gasteiger partial charge in [-0.25, -0.2) is 0 Å². The molecule has 0 bridgehead atoms. The van der Waals surface area contributed by atoms with Crippen LogP contribution < -0.4 is 0 Å². The Morgan fingerprint density at radius 1 is 1.60 bits per heavy atom. The van der Waals surface area contributed by atoms with E-state index in [0.717, 1.165) is 37.8 Å². The van der Waals surface area contributed by atoms with Gasteiger partial charge >= 0.3 is 0 Å². The second kappa shape index (κ2) is 3.97. The first-order valence-corrected chi connectivity index (χ1v) is 5.96. The molecule has 2 unspecified atom stereocenters. The molecule has 0 radical (unpaired) electrons. The third kappa shape index (κ3) is 1.69. The lowest BCUT2D eigenvalue weighted by atomic mass is 9.84. The zero-order valence-corrected chi connectivity index (χ0v) is 9.61. The van der Waals surface area contributed by atoms with Gasteiger partial charge in [-0.3, -0.25) is 4.68 Å². The van der Waals surface area contributed by atoms with Crippen molar-refractivity contribution in [3.05, 3.63) is 18.0 Å². The number of rotatable bonds is 3. The van der Waals surface area contributed by atoms with E-state index >= 15 is 0 Å². The molecule has 1 aromatic heterocycles. The first kappa shape index (κ1) is 10.7. The van der Waals surface area contributed by atoms with Crippen molar-refractivity contribution in [2.45, 2.75) is 51.7 Å². The highest BCUT2D eigenvalue weighted by molar-refractivity contribution is 5.18. The summed E-state index contributed by atoms with van der Waals surface area (Å²) < 4.78 is 1.89. The molecule has 0 aliphatic heterocycles. The SMILES string of the molecule is CCC1CCCC1(O)c1cnn(CC)c1. The molecule has 1 aliphatic rings. The number of hydrogen-bond acceptors (Lipinski definition) is 2. The van der Waals surface area contributed by atoms with Crippen LogP contribution in [-0.4, -0.2) is 14.9 Å². The monoisotopic (exact) mass is 208 g/mol. The third-order valence-electron chi connectivity index (χ3n) is 3.74. The van der Waals surface area contributed by atoms with E-state index in [-0.39, 0.29) is 0 Å². The van der Waals surface area contributed by atoms with Crippen LogP contribution in [0.1, 0.15) is 45.1 Å². The van der Waals surface area contributed by atoms with Crippen molar-refractivity contribution in [2.75, 3.05) is 0 Å². The predicted octanol–water partition coefficient (Wildman–Crippen LogP) is 2.30. The summed E-state index contributed by atoms with van der Waals surface area (Å²) in [6, 6.07) is 0. The van der Waals surface area contributed by atoms with Crippen molar-refractivity contribution in [3.8, 4) is 0 Å². The van der Waals surface area contributed by atoms with Crippen molar-refractivity contribution in [1.29, 1.82) is 0 Å². The maximum atomic E-state index is 10.7. The van der Waals surface area contributed by atoms with Crippen LogP contribution in [0, 0.1) is 5.92 Å². The molecule has 2 rings (SSSR count). The quantitative estimate of drug-likeness (QED) is 0.827. The molecule has 84 valence electrons. The molecule has 2 atom stereocenters. The Balaban J connectivity index is 2.27. The first-order chi connectivity index (χ1) is 7.20. The molecule has 1 aliphatic carbocycles. The standard InChI is InChI=1S/C12H20N2O/c1-3-10-6-5-7-12(10,15)11-8-13-14(4-2)9-11/h8-10,15H,3-7H2,1-2H3. The zero-order valence-electron chi connectivity index (χ0n) is 9.61. The van der Waals surface area contributed by atoms with Crippen LogP contribution in [0.3, 0.4) is 0 Å². The van der Waals surface area contributed by atoms with E-state index in [2.05, 4.69) is 18.9 Å². The van der Waals surface area contributed by atoms with E-state index in [1.807, 2.05) is 17.1 Å². The Hall–Kier alpha value is -0.830. The molecule has 1 N–H and O–H groups in total. The van der Waals surface area contributed by atoms with Crippen molar-refractivity contribution < 1.29 is 5.11 Å². The van der Waals surface area contributed by atoms with Gasteiger partial charge in [-0.05, 0) is 32.1 Å². The molecule has 1 aromatic rings. The van der Waals surface area contributed by atoms with Crippen LogP contribution in [0.2, 0.25) is 0 Å². The number of aromatic nitrogens is 2. The zero-order chi connectivity index (χ0) is 10.9. The lowest BCUT2D eigenvalue weighted by Crippen LogP contribution is -2.29. The van der Waals surface area contributed by atoms with Gasteiger partial charge in [-0.2, -0.15) is 5.10 Å². The van der Waals surface area contributed by atoms with E-state index in [0.29, 0.717) is 5.92 Å². The normalized spacial score (nSPS) is 31.0. The van der Waals surface area contributed by atoms with Gasteiger partial charge in [0.15, 0.2) is 0 Å². The summed E-state index contributed by atoms with van der Waals surface area (Å²) >= 11 is 0. The molecule has 0 spiro atoms. The van der Waals surface area contributed by atoms with Gasteiger partial charge < -0.3 is 5.11 Å². The summed E-state index contributed by atoms with van der Waals surface area (Å²) in [5.41, 5.74) is 0.399. The summed E-state index contributed by atoms with van der Waals surface area (Å²) in [5.74, 6) is 0.409. The van der Waals surface area contributed by atoms with E-state index in [4.69, 9.17) is 0 Å². The maximum absolute atomic E-state index is 10.7. The lowest BCUT2D eigenvalue weighted by Gasteiger charge is -2.28. The predicted molar refractivity (Wildman–Crippen MR) is 59.4 cm³/mol. The van der Waals surface area contributed by atoms with E-state index in [1.165, 1.54) is 0 Å². The molecule has 15 heavy (non-hydrogen) atoms. The largest absolute Gasteiger partial charge is 0.385 e. The molecular weight excluding hydrogens is 188 g/mol. The third-order valence-corrected chi connectivity index (χ3v) is 3.74. The van der Waals surface area contributed by atoms with E-state index < -0.39 is 5.60 Å². The molecule has 1 fully saturated rings. The Labute approximate surface area is 91.1 Å². The first-order valence-electron chi connectivity index (χ1n) is 5.96. The van der Waals surface area contributed by atoms with Crippen LogP contribution >= 0.6 is 0 Å². The molecule has 3 heteroatoms. The van der Waals surface area contributed by atoms with Crippen molar-refractivity contribution in [2.24, 2.45) is 5.92 Å². The molecule has 0 aromatic carbocycles. The lowest BCUT2D eigenvalue weighted by molar-refractivity contribution is -0.00395. The van der Waals surface area contributed by atoms with E-state index in [1.54, 1.807) is 0 Å². The summed E-state index contributed by atoms with van der Waals surface area (Å²) in [7, 11) is 0. The smallest absolute Gasteiger partial charge is 0.0954 e. The van der Waals surface area contributed by atoms with Crippen molar-refractivity contribution in [3.63, 3.8) is 0 Å². The van der Waals surface area contributed by atoms with Gasteiger partial charge in [0.1, 0.15) is 0 Å². The van der Waals surface area contributed by atoms with Crippen LogP contribution in [-0.2, 0) is 12.1 Å².